The van der Waals surface area contributed by atoms with E-state index in [1.807, 2.05) is 20.8 Å². The lowest BCUT2D eigenvalue weighted by atomic mass is 10.0. The van der Waals surface area contributed by atoms with Gasteiger partial charge in [0.2, 0.25) is 0 Å². The van der Waals surface area contributed by atoms with Gasteiger partial charge in [-0.1, -0.05) is 6.92 Å². The summed E-state index contributed by atoms with van der Waals surface area (Å²) in [6, 6.07) is 4.33. The molecule has 30 heavy (non-hydrogen) atoms. The summed E-state index contributed by atoms with van der Waals surface area (Å²) < 4.78 is 6.89. The zero-order valence-corrected chi connectivity index (χ0v) is 18.2. The zero-order chi connectivity index (χ0) is 21.6. The normalized spacial score (nSPS) is 14.5. The van der Waals surface area contributed by atoms with Gasteiger partial charge in [0, 0.05) is 17.0 Å². The first-order valence-corrected chi connectivity index (χ1v) is 10.7. The van der Waals surface area contributed by atoms with Crippen LogP contribution in [0.4, 0.5) is 5.69 Å². The first-order valence-electron chi connectivity index (χ1n) is 9.91. The van der Waals surface area contributed by atoms with Gasteiger partial charge in [-0.3, -0.25) is 19.0 Å². The number of hydrogen-bond donors (Lipinski definition) is 0. The van der Waals surface area contributed by atoms with E-state index in [1.165, 1.54) is 22.2 Å². The lowest BCUT2D eigenvalue weighted by Gasteiger charge is -2.29. The molecular formula is C22H23N3O4S. The van der Waals surface area contributed by atoms with Crippen molar-refractivity contribution in [3.63, 3.8) is 0 Å². The fraction of sp³-hybridized carbons (Fsp3) is 0.364. The quantitative estimate of drug-likeness (QED) is 0.583. The van der Waals surface area contributed by atoms with Crippen molar-refractivity contribution < 1.29 is 14.3 Å². The van der Waals surface area contributed by atoms with E-state index in [2.05, 4.69) is 4.98 Å². The van der Waals surface area contributed by atoms with Crippen molar-refractivity contribution in [1.82, 2.24) is 9.55 Å². The minimum absolute atomic E-state index is 0.00280. The molecule has 7 nitrogen and oxygen atoms in total. The minimum Gasteiger partial charge on any atom is -0.482 e. The van der Waals surface area contributed by atoms with Crippen molar-refractivity contribution in [3.05, 3.63) is 50.9 Å². The fourth-order valence-electron chi connectivity index (χ4n) is 3.72. The van der Waals surface area contributed by atoms with Crippen LogP contribution in [-0.4, -0.2) is 34.4 Å². The van der Waals surface area contributed by atoms with E-state index in [9.17, 15) is 14.4 Å². The molecule has 0 fully saturated rings. The number of ketones is 1. The van der Waals surface area contributed by atoms with Crippen LogP contribution in [-0.2, 0) is 4.79 Å². The molecular weight excluding hydrogens is 402 g/mol. The summed E-state index contributed by atoms with van der Waals surface area (Å²) in [7, 11) is 0. The van der Waals surface area contributed by atoms with Gasteiger partial charge < -0.3 is 9.64 Å². The summed E-state index contributed by atoms with van der Waals surface area (Å²) in [5, 5.41) is 0.568. The molecule has 1 aromatic carbocycles. The number of ether oxygens (including phenoxy) is 1. The molecule has 1 unspecified atom stereocenters. The Kier molecular flexibility index (Phi) is 5.19. The Labute approximate surface area is 177 Å². The predicted molar refractivity (Wildman–Crippen MR) is 117 cm³/mol. The largest absolute Gasteiger partial charge is 0.482 e. The van der Waals surface area contributed by atoms with Crippen molar-refractivity contribution in [2.75, 3.05) is 18.1 Å². The van der Waals surface area contributed by atoms with E-state index < -0.39 is 6.04 Å². The Hall–Kier alpha value is -3.00. The molecule has 0 saturated carbocycles. The minimum atomic E-state index is -0.730. The Morgan fingerprint density at radius 3 is 2.80 bits per heavy atom. The number of aromatic nitrogens is 2. The monoisotopic (exact) mass is 425 g/mol. The molecule has 0 radical (unpaired) electrons. The number of carbonyl (C=O) groups excluding carboxylic acids is 2. The van der Waals surface area contributed by atoms with E-state index in [0.717, 1.165) is 16.9 Å². The molecule has 0 saturated heterocycles. The SMILES string of the molecule is CCCN1C(=O)COc2ccc(C(=O)C(C)n3cnc4sc(C)c(C)c4c3=O)cc21. The average Bonchev–Trinajstić information content (AvgIpc) is 3.03. The number of carbonyl (C=O) groups is 2. The second-order valence-electron chi connectivity index (χ2n) is 7.48. The average molecular weight is 426 g/mol. The number of hydrogen-bond acceptors (Lipinski definition) is 6. The number of anilines is 1. The third kappa shape index (κ3) is 3.21. The van der Waals surface area contributed by atoms with Crippen LogP contribution >= 0.6 is 11.3 Å². The van der Waals surface area contributed by atoms with Crippen molar-refractivity contribution in [2.24, 2.45) is 0 Å². The molecule has 156 valence electrons. The van der Waals surface area contributed by atoms with Crippen LogP contribution < -0.4 is 15.2 Å². The number of thiophene rings is 1. The van der Waals surface area contributed by atoms with Crippen LogP contribution in [0.2, 0.25) is 0 Å². The van der Waals surface area contributed by atoms with Gasteiger partial charge in [0.05, 0.1) is 23.4 Å². The van der Waals surface area contributed by atoms with Gasteiger partial charge in [-0.05, 0) is 51.0 Å². The number of amides is 1. The first-order chi connectivity index (χ1) is 14.3. The van der Waals surface area contributed by atoms with Crippen LogP contribution in [0.25, 0.3) is 10.2 Å². The van der Waals surface area contributed by atoms with Crippen LogP contribution in [0, 0.1) is 13.8 Å². The highest BCUT2D eigenvalue weighted by atomic mass is 32.1. The lowest BCUT2D eigenvalue weighted by molar-refractivity contribution is -0.121. The lowest BCUT2D eigenvalue weighted by Crippen LogP contribution is -2.39. The number of benzene rings is 1. The zero-order valence-electron chi connectivity index (χ0n) is 17.4. The highest BCUT2D eigenvalue weighted by molar-refractivity contribution is 7.18. The van der Waals surface area contributed by atoms with Gasteiger partial charge in [-0.25, -0.2) is 4.98 Å². The van der Waals surface area contributed by atoms with Crippen LogP contribution in [0.3, 0.4) is 0 Å². The second-order valence-corrected chi connectivity index (χ2v) is 8.68. The summed E-state index contributed by atoms with van der Waals surface area (Å²) in [5.41, 5.74) is 1.70. The third-order valence-corrected chi connectivity index (χ3v) is 6.66. The maximum atomic E-state index is 13.2. The maximum Gasteiger partial charge on any atom is 0.265 e. The summed E-state index contributed by atoms with van der Waals surface area (Å²) in [5.74, 6) is 0.230. The molecule has 0 aliphatic carbocycles. The third-order valence-electron chi connectivity index (χ3n) is 5.54. The Balaban J connectivity index is 1.73. The Morgan fingerprint density at radius 2 is 2.07 bits per heavy atom. The van der Waals surface area contributed by atoms with Gasteiger partial charge in [0.15, 0.2) is 12.4 Å². The summed E-state index contributed by atoms with van der Waals surface area (Å²) >= 11 is 1.48. The highest BCUT2D eigenvalue weighted by Crippen LogP contribution is 2.34. The number of nitrogens with zero attached hydrogens (tertiary/aromatic N) is 3. The number of Topliss-reactive ketones (excluding diaryl/α,β-unsaturated/α-hetero) is 1. The smallest absolute Gasteiger partial charge is 0.265 e. The van der Waals surface area contributed by atoms with Crippen molar-refractivity contribution in [3.8, 4) is 5.75 Å². The molecule has 3 aromatic rings. The van der Waals surface area contributed by atoms with Gasteiger partial charge in [0.25, 0.3) is 11.5 Å². The van der Waals surface area contributed by atoms with Crippen molar-refractivity contribution in [1.29, 1.82) is 0 Å². The highest BCUT2D eigenvalue weighted by Gasteiger charge is 2.27. The van der Waals surface area contributed by atoms with Gasteiger partial charge >= 0.3 is 0 Å². The maximum absolute atomic E-state index is 13.2. The summed E-state index contributed by atoms with van der Waals surface area (Å²) in [6.07, 6.45) is 2.23. The van der Waals surface area contributed by atoms with E-state index >= 15 is 0 Å². The first kappa shape index (κ1) is 20.3. The molecule has 1 aliphatic rings. The van der Waals surface area contributed by atoms with E-state index in [-0.39, 0.29) is 23.9 Å². The van der Waals surface area contributed by atoms with Gasteiger partial charge in [-0.2, -0.15) is 0 Å². The van der Waals surface area contributed by atoms with Crippen molar-refractivity contribution >= 4 is 38.9 Å². The second kappa shape index (κ2) is 7.68. The predicted octanol–water partition coefficient (Wildman–Crippen LogP) is 3.65. The van der Waals surface area contributed by atoms with Crippen LogP contribution in [0.1, 0.15) is 47.1 Å². The summed E-state index contributed by atoms with van der Waals surface area (Å²) in [4.78, 5) is 46.3. The standard InChI is InChI=1S/C22H23N3O4S/c1-5-8-24-16-9-15(6-7-17(16)29-10-18(24)26)20(27)13(3)25-11-23-21-19(22(25)28)12(2)14(4)30-21/h6-7,9,11,13H,5,8,10H2,1-4H3. The molecule has 2 aromatic heterocycles. The van der Waals surface area contributed by atoms with E-state index in [1.54, 1.807) is 30.0 Å². The van der Waals surface area contributed by atoms with Crippen LogP contribution in [0.15, 0.2) is 29.3 Å². The van der Waals surface area contributed by atoms with Gasteiger partial charge in [-0.15, -0.1) is 11.3 Å². The molecule has 3 heterocycles. The molecule has 0 N–H and O–H groups in total. The van der Waals surface area contributed by atoms with Crippen LogP contribution in [0.5, 0.6) is 5.75 Å². The molecule has 1 amide bonds. The molecule has 8 heteroatoms. The topological polar surface area (TPSA) is 81.5 Å². The number of aryl methyl sites for hydroxylation is 2. The van der Waals surface area contributed by atoms with E-state index in [0.29, 0.717) is 33.8 Å². The fourth-order valence-corrected chi connectivity index (χ4v) is 4.70. The molecule has 4 rings (SSSR count). The summed E-state index contributed by atoms with van der Waals surface area (Å²) in [6.45, 7) is 8.09. The van der Waals surface area contributed by atoms with Gasteiger partial charge in [0.1, 0.15) is 10.6 Å². The van der Waals surface area contributed by atoms with E-state index in [4.69, 9.17) is 4.74 Å². The molecule has 0 bridgehead atoms. The Morgan fingerprint density at radius 1 is 1.30 bits per heavy atom. The number of fused-ring (bicyclic) bond motifs is 2. The Bertz CT molecular complexity index is 1230. The van der Waals surface area contributed by atoms with Crippen molar-refractivity contribution in [2.45, 2.75) is 40.2 Å². The molecule has 1 atom stereocenters. The molecule has 0 spiro atoms. The number of rotatable bonds is 5. The molecule has 1 aliphatic heterocycles.